The highest BCUT2D eigenvalue weighted by molar-refractivity contribution is 6.13. The van der Waals surface area contributed by atoms with E-state index in [-0.39, 0.29) is 23.4 Å². The minimum absolute atomic E-state index is 0.0639. The van der Waals surface area contributed by atoms with Crippen LogP contribution < -0.4 is 10.5 Å². The number of carbonyl (C=O) groups excluding carboxylic acids is 1. The quantitative estimate of drug-likeness (QED) is 0.377. The first-order chi connectivity index (χ1) is 17.7. The molecule has 0 saturated heterocycles. The van der Waals surface area contributed by atoms with E-state index in [1.165, 1.54) is 0 Å². The van der Waals surface area contributed by atoms with Gasteiger partial charge in [-0.15, -0.1) is 0 Å². The van der Waals surface area contributed by atoms with Crippen molar-refractivity contribution in [2.75, 3.05) is 19.0 Å². The van der Waals surface area contributed by atoms with Crippen molar-refractivity contribution in [3.63, 3.8) is 0 Å². The number of hydrazone groups is 1. The predicted octanol–water partition coefficient (Wildman–Crippen LogP) is 5.90. The molecule has 3 aromatic carbocycles. The number of H-pyrrole nitrogens is 1. The van der Waals surface area contributed by atoms with E-state index in [4.69, 9.17) is 5.10 Å². The summed E-state index contributed by atoms with van der Waals surface area (Å²) in [4.78, 5) is 32.0. The molecule has 1 aromatic heterocycles. The molecule has 1 atom stereocenters. The Hall–Kier alpha value is -4.19. The van der Waals surface area contributed by atoms with Crippen molar-refractivity contribution in [1.82, 2.24) is 9.99 Å². The lowest BCUT2D eigenvalue weighted by molar-refractivity contribution is -0.136. The number of aryl methyl sites for hydroxylation is 1. The molecule has 6 nitrogen and oxygen atoms in total. The Morgan fingerprint density at radius 3 is 2.35 bits per heavy atom. The number of carbonyl (C=O) groups is 1. The van der Waals surface area contributed by atoms with Gasteiger partial charge in [0.1, 0.15) is 0 Å². The van der Waals surface area contributed by atoms with Crippen LogP contribution in [0.3, 0.4) is 0 Å². The zero-order valence-corrected chi connectivity index (χ0v) is 21.9. The van der Waals surface area contributed by atoms with Crippen molar-refractivity contribution >= 4 is 28.2 Å². The zero-order valence-electron chi connectivity index (χ0n) is 21.9. The van der Waals surface area contributed by atoms with Crippen molar-refractivity contribution in [1.29, 1.82) is 0 Å². The van der Waals surface area contributed by atoms with Crippen molar-refractivity contribution in [3.05, 3.63) is 99.8 Å². The van der Waals surface area contributed by atoms with Crippen LogP contribution in [0.25, 0.3) is 22.0 Å². The summed E-state index contributed by atoms with van der Waals surface area (Å²) in [7, 11) is 4.00. The van der Waals surface area contributed by atoms with Crippen molar-refractivity contribution in [2.24, 2.45) is 11.0 Å². The Bertz CT molecular complexity index is 1550. The molecule has 0 radical (unpaired) electrons. The number of pyridine rings is 1. The van der Waals surface area contributed by atoms with Crippen LogP contribution in [-0.4, -0.2) is 35.7 Å². The minimum Gasteiger partial charge on any atom is -0.378 e. The van der Waals surface area contributed by atoms with Gasteiger partial charge in [-0.05, 0) is 42.3 Å². The highest BCUT2D eigenvalue weighted by atomic mass is 16.2. The number of amides is 1. The third kappa shape index (κ3) is 4.55. The number of hydrogen-bond donors (Lipinski definition) is 1. The van der Waals surface area contributed by atoms with Gasteiger partial charge in [0.05, 0.1) is 17.3 Å². The second kappa shape index (κ2) is 9.69. The van der Waals surface area contributed by atoms with Crippen LogP contribution in [0.5, 0.6) is 0 Å². The molecule has 0 aliphatic carbocycles. The number of nitrogens with zero attached hydrogens (tertiary/aromatic N) is 3. The van der Waals surface area contributed by atoms with Gasteiger partial charge < -0.3 is 9.88 Å². The molecule has 1 amide bonds. The van der Waals surface area contributed by atoms with Gasteiger partial charge in [0.2, 0.25) is 5.91 Å². The highest BCUT2D eigenvalue weighted by Gasteiger charge is 2.36. The smallest absolute Gasteiger partial charge is 0.258 e. The van der Waals surface area contributed by atoms with Crippen molar-refractivity contribution in [2.45, 2.75) is 33.2 Å². The largest absolute Gasteiger partial charge is 0.378 e. The molecule has 0 unspecified atom stereocenters. The number of hydrogen-bond acceptors (Lipinski definition) is 4. The average molecular weight is 493 g/mol. The van der Waals surface area contributed by atoms with Gasteiger partial charge in [0.15, 0.2) is 0 Å². The van der Waals surface area contributed by atoms with Gasteiger partial charge in [0, 0.05) is 48.6 Å². The maximum absolute atomic E-state index is 13.6. The molecule has 37 heavy (non-hydrogen) atoms. The standard InChI is InChI=1S/C31H32N4O2/c1-19(2)31(37)35-27(21-12-14-23(15-13-21)34(4)5)18-26(33-35)29-28(22-9-7-6-8-10-22)24-17-20(3)11-16-25(24)32-30(29)36/h6-17,19,27H,18H2,1-5H3,(H,32,36)/t27-/m1/s1. The molecule has 0 bridgehead atoms. The number of rotatable bonds is 5. The van der Waals surface area contributed by atoms with Crippen LogP contribution in [0.15, 0.2) is 82.7 Å². The molecular weight excluding hydrogens is 460 g/mol. The summed E-state index contributed by atoms with van der Waals surface area (Å²) in [5.74, 6) is -0.288. The van der Waals surface area contributed by atoms with Crippen LogP contribution in [0, 0.1) is 12.8 Å². The van der Waals surface area contributed by atoms with E-state index in [2.05, 4.69) is 11.1 Å². The normalized spacial score (nSPS) is 15.4. The van der Waals surface area contributed by atoms with E-state index >= 15 is 0 Å². The Balaban J connectivity index is 1.70. The summed E-state index contributed by atoms with van der Waals surface area (Å²) in [6, 6.07) is 23.9. The first-order valence-corrected chi connectivity index (χ1v) is 12.6. The fraction of sp³-hybridized carbons (Fsp3) is 0.258. The minimum atomic E-state index is -0.280. The van der Waals surface area contributed by atoms with E-state index in [0.717, 1.165) is 38.8 Å². The molecule has 188 valence electrons. The van der Waals surface area contributed by atoms with Gasteiger partial charge in [0.25, 0.3) is 5.56 Å². The van der Waals surface area contributed by atoms with Crippen LogP contribution in [0.4, 0.5) is 5.69 Å². The molecule has 1 aliphatic rings. The molecular formula is C31H32N4O2. The van der Waals surface area contributed by atoms with Crippen LogP contribution >= 0.6 is 0 Å². The summed E-state index contributed by atoms with van der Waals surface area (Å²) in [6.45, 7) is 5.80. The number of aromatic amines is 1. The molecule has 0 saturated carbocycles. The zero-order chi connectivity index (χ0) is 26.3. The second-order valence-electron chi connectivity index (χ2n) is 10.2. The molecule has 1 aliphatic heterocycles. The monoisotopic (exact) mass is 492 g/mol. The summed E-state index contributed by atoms with van der Waals surface area (Å²) >= 11 is 0. The second-order valence-corrected chi connectivity index (χ2v) is 10.2. The average Bonchev–Trinajstić information content (AvgIpc) is 3.33. The number of anilines is 1. The number of nitrogens with one attached hydrogen (secondary N) is 1. The Morgan fingerprint density at radius 2 is 1.70 bits per heavy atom. The van der Waals surface area contributed by atoms with E-state index in [1.54, 1.807) is 5.01 Å². The van der Waals surface area contributed by atoms with E-state index in [9.17, 15) is 9.59 Å². The highest BCUT2D eigenvalue weighted by Crippen LogP contribution is 2.38. The van der Waals surface area contributed by atoms with Gasteiger partial charge in [-0.3, -0.25) is 9.59 Å². The third-order valence-corrected chi connectivity index (χ3v) is 6.95. The SMILES string of the molecule is Cc1ccc2[nH]c(=O)c(C3=NN(C(=O)C(C)C)[C@@H](c4ccc(N(C)C)cc4)C3)c(-c3ccccc3)c2c1. The molecule has 1 N–H and O–H groups in total. The molecule has 5 rings (SSSR count). The molecule has 0 spiro atoms. The fourth-order valence-electron chi connectivity index (χ4n) is 4.97. The van der Waals surface area contributed by atoms with E-state index in [1.807, 2.05) is 106 Å². The number of fused-ring (bicyclic) bond motifs is 1. The fourth-order valence-corrected chi connectivity index (χ4v) is 4.97. The lowest BCUT2D eigenvalue weighted by Crippen LogP contribution is -2.30. The van der Waals surface area contributed by atoms with Gasteiger partial charge in [-0.25, -0.2) is 5.01 Å². The third-order valence-electron chi connectivity index (χ3n) is 6.95. The van der Waals surface area contributed by atoms with Crippen LogP contribution in [0.1, 0.15) is 43.0 Å². The Labute approximate surface area is 217 Å². The van der Waals surface area contributed by atoms with Crippen LogP contribution in [-0.2, 0) is 4.79 Å². The molecule has 6 heteroatoms. The maximum atomic E-state index is 13.6. The lowest BCUT2D eigenvalue weighted by Gasteiger charge is -2.24. The van der Waals surface area contributed by atoms with Gasteiger partial charge >= 0.3 is 0 Å². The maximum Gasteiger partial charge on any atom is 0.258 e. The van der Waals surface area contributed by atoms with Crippen molar-refractivity contribution < 1.29 is 4.79 Å². The van der Waals surface area contributed by atoms with E-state index in [0.29, 0.717) is 17.7 Å². The first kappa shape index (κ1) is 24.5. The van der Waals surface area contributed by atoms with E-state index < -0.39 is 0 Å². The molecule has 0 fully saturated rings. The predicted molar refractivity (Wildman–Crippen MR) is 151 cm³/mol. The van der Waals surface area contributed by atoms with Crippen molar-refractivity contribution in [3.8, 4) is 11.1 Å². The topological polar surface area (TPSA) is 68.8 Å². The summed E-state index contributed by atoms with van der Waals surface area (Å²) in [5, 5.41) is 7.39. The first-order valence-electron chi connectivity index (χ1n) is 12.6. The Kier molecular flexibility index (Phi) is 6.42. The van der Waals surface area contributed by atoms with Gasteiger partial charge in [-0.1, -0.05) is 67.9 Å². The number of aromatic nitrogens is 1. The van der Waals surface area contributed by atoms with Crippen LogP contribution in [0.2, 0.25) is 0 Å². The summed E-state index contributed by atoms with van der Waals surface area (Å²) in [6.07, 6.45) is 0.458. The summed E-state index contributed by atoms with van der Waals surface area (Å²) in [5.41, 5.74) is 6.70. The van der Waals surface area contributed by atoms with Gasteiger partial charge in [-0.2, -0.15) is 5.10 Å². The number of benzene rings is 3. The Morgan fingerprint density at radius 1 is 1.00 bits per heavy atom. The summed E-state index contributed by atoms with van der Waals surface area (Å²) < 4.78 is 0. The lowest BCUT2D eigenvalue weighted by atomic mass is 9.90. The molecule has 4 aromatic rings. The molecule has 2 heterocycles.